The lowest BCUT2D eigenvalue weighted by Crippen LogP contribution is -2.45. The third kappa shape index (κ3) is 3.71. The minimum atomic E-state index is -1.07. The summed E-state index contributed by atoms with van der Waals surface area (Å²) in [7, 11) is 0. The summed E-state index contributed by atoms with van der Waals surface area (Å²) in [6, 6.07) is 3.68. The molecule has 0 saturated heterocycles. The van der Waals surface area contributed by atoms with E-state index in [1.807, 2.05) is 6.92 Å². The molecule has 0 radical (unpaired) electrons. The molecule has 0 heterocycles. The highest BCUT2D eigenvalue weighted by Gasteiger charge is 2.26. The van der Waals surface area contributed by atoms with E-state index in [-0.39, 0.29) is 17.2 Å². The Morgan fingerprint density at radius 2 is 2.00 bits per heavy atom. The van der Waals surface area contributed by atoms with Crippen LogP contribution in [0.3, 0.4) is 0 Å². The summed E-state index contributed by atoms with van der Waals surface area (Å²) < 4.78 is 0. The fourth-order valence-corrected chi connectivity index (χ4v) is 1.74. The molecule has 0 saturated carbocycles. The van der Waals surface area contributed by atoms with Gasteiger partial charge in [0, 0.05) is 0 Å². The Hall–Kier alpha value is -2.04. The first-order valence-corrected chi connectivity index (χ1v) is 6.20. The number of aromatic hydroxyl groups is 1. The van der Waals surface area contributed by atoms with Crippen LogP contribution < -0.4 is 5.32 Å². The van der Waals surface area contributed by atoms with Crippen molar-refractivity contribution in [2.24, 2.45) is 5.92 Å². The number of amides is 1. The number of phenolic OH excluding ortho intramolecular Hbond substituents is 1. The highest BCUT2D eigenvalue weighted by Crippen LogP contribution is 2.19. The van der Waals surface area contributed by atoms with Crippen LogP contribution in [0.5, 0.6) is 5.75 Å². The van der Waals surface area contributed by atoms with Gasteiger partial charge >= 0.3 is 5.97 Å². The Kier molecular flexibility index (Phi) is 4.92. The van der Waals surface area contributed by atoms with Gasteiger partial charge in [-0.05, 0) is 30.5 Å². The third-order valence-corrected chi connectivity index (χ3v) is 3.16. The zero-order valence-electron chi connectivity index (χ0n) is 11.3. The summed E-state index contributed by atoms with van der Waals surface area (Å²) in [6.07, 6.45) is 0.636. The van der Waals surface area contributed by atoms with Gasteiger partial charge in [-0.2, -0.15) is 0 Å². The SMILES string of the molecule is CCC(C)C(NC(=O)c1ccc(C)cc1O)C(=O)O. The fourth-order valence-electron chi connectivity index (χ4n) is 1.74. The van der Waals surface area contributed by atoms with E-state index in [0.717, 1.165) is 5.56 Å². The molecular weight excluding hydrogens is 246 g/mol. The van der Waals surface area contributed by atoms with Crippen molar-refractivity contribution in [1.82, 2.24) is 5.32 Å². The maximum absolute atomic E-state index is 12.0. The van der Waals surface area contributed by atoms with E-state index >= 15 is 0 Å². The molecule has 1 amide bonds. The molecule has 2 unspecified atom stereocenters. The second-order valence-corrected chi connectivity index (χ2v) is 4.70. The van der Waals surface area contributed by atoms with Gasteiger partial charge in [-0.1, -0.05) is 26.3 Å². The first kappa shape index (κ1) is 15.0. The number of carboxylic acids is 1. The van der Waals surface area contributed by atoms with Crippen molar-refractivity contribution >= 4 is 11.9 Å². The number of hydrogen-bond donors (Lipinski definition) is 3. The normalized spacial score (nSPS) is 13.6. The van der Waals surface area contributed by atoms with Crippen LogP contribution in [0.4, 0.5) is 0 Å². The van der Waals surface area contributed by atoms with Gasteiger partial charge in [0.15, 0.2) is 0 Å². The van der Waals surface area contributed by atoms with E-state index < -0.39 is 17.9 Å². The predicted octanol–water partition coefficient (Wildman–Crippen LogP) is 1.93. The summed E-state index contributed by atoms with van der Waals surface area (Å²) in [6.45, 7) is 5.41. The first-order valence-electron chi connectivity index (χ1n) is 6.20. The van der Waals surface area contributed by atoms with Crippen LogP contribution in [0.1, 0.15) is 36.2 Å². The second-order valence-electron chi connectivity index (χ2n) is 4.70. The number of phenols is 1. The Bertz CT molecular complexity index is 484. The van der Waals surface area contributed by atoms with Crippen LogP contribution in [0.2, 0.25) is 0 Å². The van der Waals surface area contributed by atoms with E-state index in [9.17, 15) is 14.7 Å². The molecule has 2 atom stereocenters. The van der Waals surface area contributed by atoms with Crippen molar-refractivity contribution in [3.05, 3.63) is 29.3 Å². The lowest BCUT2D eigenvalue weighted by Gasteiger charge is -2.20. The van der Waals surface area contributed by atoms with Crippen LogP contribution in [0, 0.1) is 12.8 Å². The number of carboxylic acid groups (broad SMARTS) is 1. The average molecular weight is 265 g/mol. The number of nitrogens with one attached hydrogen (secondary N) is 1. The largest absolute Gasteiger partial charge is 0.507 e. The quantitative estimate of drug-likeness (QED) is 0.759. The van der Waals surface area contributed by atoms with Gasteiger partial charge in [0.05, 0.1) is 5.56 Å². The molecule has 104 valence electrons. The Labute approximate surface area is 112 Å². The summed E-state index contributed by atoms with van der Waals surface area (Å²) in [5.74, 6) is -1.99. The maximum Gasteiger partial charge on any atom is 0.326 e. The smallest absolute Gasteiger partial charge is 0.326 e. The summed E-state index contributed by atoms with van der Waals surface area (Å²) in [5.41, 5.74) is 0.908. The van der Waals surface area contributed by atoms with Gasteiger partial charge in [0.25, 0.3) is 5.91 Å². The number of benzene rings is 1. The first-order chi connectivity index (χ1) is 8.86. The van der Waals surface area contributed by atoms with E-state index in [2.05, 4.69) is 5.32 Å². The molecule has 0 aliphatic heterocycles. The van der Waals surface area contributed by atoms with Gasteiger partial charge in [0.1, 0.15) is 11.8 Å². The van der Waals surface area contributed by atoms with Gasteiger partial charge < -0.3 is 15.5 Å². The Morgan fingerprint density at radius 3 is 2.47 bits per heavy atom. The standard InChI is InChI=1S/C14H19NO4/c1-4-9(3)12(14(18)19)15-13(17)10-6-5-8(2)7-11(10)16/h5-7,9,12,16H,4H2,1-3H3,(H,15,17)(H,18,19). The van der Waals surface area contributed by atoms with Crippen molar-refractivity contribution in [3.63, 3.8) is 0 Å². The zero-order chi connectivity index (χ0) is 14.6. The van der Waals surface area contributed by atoms with Crippen molar-refractivity contribution in [2.45, 2.75) is 33.2 Å². The van der Waals surface area contributed by atoms with Crippen LogP contribution >= 0.6 is 0 Å². The van der Waals surface area contributed by atoms with Crippen molar-refractivity contribution < 1.29 is 19.8 Å². The van der Waals surface area contributed by atoms with Gasteiger partial charge in [-0.15, -0.1) is 0 Å². The topological polar surface area (TPSA) is 86.6 Å². The molecule has 5 nitrogen and oxygen atoms in total. The number of hydrogen-bond acceptors (Lipinski definition) is 3. The minimum absolute atomic E-state index is 0.0835. The van der Waals surface area contributed by atoms with Crippen molar-refractivity contribution in [2.75, 3.05) is 0 Å². The maximum atomic E-state index is 12.0. The molecule has 0 aliphatic carbocycles. The molecule has 19 heavy (non-hydrogen) atoms. The average Bonchev–Trinajstić information content (AvgIpc) is 2.34. The molecule has 0 aromatic heterocycles. The molecule has 1 rings (SSSR count). The third-order valence-electron chi connectivity index (χ3n) is 3.16. The Balaban J connectivity index is 2.91. The Morgan fingerprint density at radius 1 is 1.37 bits per heavy atom. The molecule has 0 bridgehead atoms. The monoisotopic (exact) mass is 265 g/mol. The number of carbonyl (C=O) groups excluding carboxylic acids is 1. The molecule has 1 aromatic rings. The molecule has 0 aliphatic rings. The van der Waals surface area contributed by atoms with Gasteiger partial charge in [-0.3, -0.25) is 4.79 Å². The molecule has 1 aromatic carbocycles. The summed E-state index contributed by atoms with van der Waals surface area (Å²) in [4.78, 5) is 23.1. The second kappa shape index (κ2) is 6.22. The number of aliphatic carboxylic acids is 1. The van der Waals surface area contributed by atoms with Gasteiger partial charge in [-0.25, -0.2) is 4.79 Å². The lowest BCUT2D eigenvalue weighted by molar-refractivity contribution is -0.140. The minimum Gasteiger partial charge on any atom is -0.507 e. The molecule has 5 heteroatoms. The van der Waals surface area contributed by atoms with E-state index in [1.165, 1.54) is 12.1 Å². The van der Waals surface area contributed by atoms with E-state index in [0.29, 0.717) is 6.42 Å². The van der Waals surface area contributed by atoms with Crippen LogP contribution in [-0.2, 0) is 4.79 Å². The highest BCUT2D eigenvalue weighted by molar-refractivity contribution is 5.98. The van der Waals surface area contributed by atoms with E-state index in [4.69, 9.17) is 5.11 Å². The lowest BCUT2D eigenvalue weighted by atomic mass is 9.98. The molecule has 0 spiro atoms. The van der Waals surface area contributed by atoms with Crippen LogP contribution in [0.15, 0.2) is 18.2 Å². The number of carbonyl (C=O) groups is 2. The van der Waals surface area contributed by atoms with Crippen LogP contribution in [0.25, 0.3) is 0 Å². The highest BCUT2D eigenvalue weighted by atomic mass is 16.4. The fraction of sp³-hybridized carbons (Fsp3) is 0.429. The summed E-state index contributed by atoms with van der Waals surface area (Å²) in [5, 5.41) is 21.3. The number of aryl methyl sites for hydroxylation is 1. The van der Waals surface area contributed by atoms with Gasteiger partial charge in [0.2, 0.25) is 0 Å². The number of rotatable bonds is 5. The molecule has 0 fully saturated rings. The van der Waals surface area contributed by atoms with E-state index in [1.54, 1.807) is 19.9 Å². The van der Waals surface area contributed by atoms with Crippen LogP contribution in [-0.4, -0.2) is 28.1 Å². The van der Waals surface area contributed by atoms with Crippen molar-refractivity contribution in [3.8, 4) is 5.75 Å². The van der Waals surface area contributed by atoms with Crippen molar-refractivity contribution in [1.29, 1.82) is 0 Å². The summed E-state index contributed by atoms with van der Waals surface area (Å²) >= 11 is 0. The predicted molar refractivity (Wildman–Crippen MR) is 71.2 cm³/mol. The zero-order valence-corrected chi connectivity index (χ0v) is 11.3. The molecule has 3 N–H and O–H groups in total. The molecular formula is C14H19NO4.